The summed E-state index contributed by atoms with van der Waals surface area (Å²) in [5, 5.41) is 3.16. The lowest BCUT2D eigenvalue weighted by Gasteiger charge is -2.36. The smallest absolute Gasteiger partial charge is 0.225 e. The average molecular weight is 404 g/mol. The van der Waals surface area contributed by atoms with Gasteiger partial charge >= 0.3 is 0 Å². The normalized spacial score (nSPS) is 27.2. The first-order valence-corrected chi connectivity index (χ1v) is 11.9. The SMILES string of the molecule is O=C(NCC1CCN(C(=O)C2CC2)CC1)C1CCC(=O)N(CC2CCCCC2)C1. The molecule has 0 spiro atoms. The summed E-state index contributed by atoms with van der Waals surface area (Å²) < 4.78 is 0. The number of nitrogens with zero attached hydrogens (tertiary/aromatic N) is 2. The van der Waals surface area contributed by atoms with E-state index in [1.165, 1.54) is 32.1 Å². The lowest BCUT2D eigenvalue weighted by atomic mass is 9.87. The minimum Gasteiger partial charge on any atom is -0.356 e. The summed E-state index contributed by atoms with van der Waals surface area (Å²) in [6.07, 6.45) is 11.6. The van der Waals surface area contributed by atoms with E-state index in [1.807, 2.05) is 9.80 Å². The molecule has 4 fully saturated rings. The summed E-state index contributed by atoms with van der Waals surface area (Å²) in [7, 11) is 0. The van der Waals surface area contributed by atoms with Gasteiger partial charge in [0.2, 0.25) is 17.7 Å². The first-order chi connectivity index (χ1) is 14.1. The molecule has 4 aliphatic rings. The summed E-state index contributed by atoms with van der Waals surface area (Å²) in [5.41, 5.74) is 0. The molecule has 1 atom stereocenters. The van der Waals surface area contributed by atoms with Crippen LogP contribution in [-0.2, 0) is 14.4 Å². The Morgan fingerprint density at radius 1 is 0.862 bits per heavy atom. The third kappa shape index (κ3) is 5.52. The molecule has 0 aromatic carbocycles. The predicted octanol–water partition coefficient (Wildman–Crippen LogP) is 2.57. The third-order valence-electron chi connectivity index (χ3n) is 7.49. The van der Waals surface area contributed by atoms with Crippen LogP contribution in [0.1, 0.15) is 70.6 Å². The molecule has 1 N–H and O–H groups in total. The van der Waals surface area contributed by atoms with Crippen molar-refractivity contribution < 1.29 is 14.4 Å². The second kappa shape index (κ2) is 9.48. The van der Waals surface area contributed by atoms with Gasteiger partial charge in [-0.3, -0.25) is 14.4 Å². The van der Waals surface area contributed by atoms with Gasteiger partial charge in [-0.25, -0.2) is 0 Å². The van der Waals surface area contributed by atoms with Gasteiger partial charge in [0.1, 0.15) is 0 Å². The van der Waals surface area contributed by atoms with Crippen molar-refractivity contribution in [3.8, 4) is 0 Å². The van der Waals surface area contributed by atoms with E-state index in [2.05, 4.69) is 5.32 Å². The summed E-state index contributed by atoms with van der Waals surface area (Å²) in [4.78, 5) is 41.2. The van der Waals surface area contributed by atoms with E-state index in [-0.39, 0.29) is 17.7 Å². The van der Waals surface area contributed by atoms with Crippen LogP contribution in [0.15, 0.2) is 0 Å². The van der Waals surface area contributed by atoms with Crippen molar-refractivity contribution in [2.75, 3.05) is 32.7 Å². The van der Waals surface area contributed by atoms with Crippen molar-refractivity contribution in [2.45, 2.75) is 70.6 Å². The Kier molecular flexibility index (Phi) is 6.76. The summed E-state index contributed by atoms with van der Waals surface area (Å²) in [5.74, 6) is 2.01. The third-order valence-corrected chi connectivity index (χ3v) is 7.49. The number of hydrogen-bond acceptors (Lipinski definition) is 3. The van der Waals surface area contributed by atoms with E-state index in [0.717, 1.165) is 45.3 Å². The lowest BCUT2D eigenvalue weighted by molar-refractivity contribution is -0.139. The molecule has 0 radical (unpaired) electrons. The molecule has 6 nitrogen and oxygen atoms in total. The molecular weight excluding hydrogens is 366 g/mol. The second-order valence-electron chi connectivity index (χ2n) is 9.83. The van der Waals surface area contributed by atoms with Crippen LogP contribution in [0.25, 0.3) is 0 Å². The number of amides is 3. The number of likely N-dealkylation sites (tertiary alicyclic amines) is 2. The van der Waals surface area contributed by atoms with Gasteiger partial charge < -0.3 is 15.1 Å². The first kappa shape index (κ1) is 20.7. The highest BCUT2D eigenvalue weighted by atomic mass is 16.2. The van der Waals surface area contributed by atoms with Gasteiger partial charge in [-0.05, 0) is 56.8 Å². The van der Waals surface area contributed by atoms with Gasteiger partial charge in [-0.2, -0.15) is 0 Å². The highest BCUT2D eigenvalue weighted by molar-refractivity contribution is 5.84. The zero-order valence-corrected chi connectivity index (χ0v) is 17.7. The van der Waals surface area contributed by atoms with E-state index in [9.17, 15) is 14.4 Å². The molecule has 162 valence electrons. The Morgan fingerprint density at radius 2 is 1.59 bits per heavy atom. The van der Waals surface area contributed by atoms with Crippen LogP contribution in [0.3, 0.4) is 0 Å². The molecule has 0 bridgehead atoms. The highest BCUT2D eigenvalue weighted by Crippen LogP contribution is 2.32. The second-order valence-corrected chi connectivity index (χ2v) is 9.83. The van der Waals surface area contributed by atoms with Crippen molar-refractivity contribution in [3.05, 3.63) is 0 Å². The van der Waals surface area contributed by atoms with Gasteiger partial charge in [-0.1, -0.05) is 19.3 Å². The average Bonchev–Trinajstić information content (AvgIpc) is 3.60. The largest absolute Gasteiger partial charge is 0.356 e. The fraction of sp³-hybridized carbons (Fsp3) is 0.870. The monoisotopic (exact) mass is 403 g/mol. The Balaban J connectivity index is 1.18. The number of piperidine rings is 2. The van der Waals surface area contributed by atoms with Gasteiger partial charge in [0.05, 0.1) is 5.92 Å². The number of rotatable bonds is 6. The molecule has 0 aromatic heterocycles. The van der Waals surface area contributed by atoms with Crippen molar-refractivity contribution in [3.63, 3.8) is 0 Å². The first-order valence-electron chi connectivity index (χ1n) is 11.9. The minimum atomic E-state index is -0.0622. The predicted molar refractivity (Wildman–Crippen MR) is 111 cm³/mol. The molecule has 4 rings (SSSR count). The van der Waals surface area contributed by atoms with Crippen molar-refractivity contribution >= 4 is 17.7 Å². The van der Waals surface area contributed by atoms with Crippen LogP contribution in [0.4, 0.5) is 0 Å². The maximum atomic E-state index is 12.7. The number of carbonyl (C=O) groups excluding carboxylic acids is 3. The molecule has 2 saturated carbocycles. The standard InChI is InChI=1S/C23H37N3O3/c27-21-9-8-20(16-26(21)15-18-4-2-1-3-5-18)22(28)24-14-17-10-12-25(13-11-17)23(29)19-6-7-19/h17-20H,1-16H2,(H,24,28). The Bertz CT molecular complexity index is 604. The van der Waals surface area contributed by atoms with Crippen LogP contribution < -0.4 is 5.32 Å². The molecule has 0 aromatic rings. The van der Waals surface area contributed by atoms with Gasteiger partial charge in [0.25, 0.3) is 0 Å². The molecule has 2 aliphatic carbocycles. The van der Waals surface area contributed by atoms with Gasteiger partial charge in [0, 0.05) is 45.1 Å². The van der Waals surface area contributed by atoms with Crippen LogP contribution in [0.5, 0.6) is 0 Å². The number of hydrogen-bond donors (Lipinski definition) is 1. The maximum Gasteiger partial charge on any atom is 0.225 e. The van der Waals surface area contributed by atoms with E-state index >= 15 is 0 Å². The Hall–Kier alpha value is -1.59. The summed E-state index contributed by atoms with van der Waals surface area (Å²) >= 11 is 0. The zero-order chi connectivity index (χ0) is 20.2. The van der Waals surface area contributed by atoms with E-state index in [1.54, 1.807) is 0 Å². The van der Waals surface area contributed by atoms with Crippen LogP contribution in [0, 0.1) is 23.7 Å². The fourth-order valence-electron chi connectivity index (χ4n) is 5.32. The highest BCUT2D eigenvalue weighted by Gasteiger charge is 2.35. The molecule has 2 heterocycles. The molecule has 29 heavy (non-hydrogen) atoms. The lowest BCUT2D eigenvalue weighted by Crippen LogP contribution is -2.48. The minimum absolute atomic E-state index is 0.0622. The van der Waals surface area contributed by atoms with Crippen LogP contribution >= 0.6 is 0 Å². The Labute approximate surface area is 174 Å². The molecule has 1 unspecified atom stereocenters. The fourth-order valence-corrected chi connectivity index (χ4v) is 5.32. The number of carbonyl (C=O) groups is 3. The van der Waals surface area contributed by atoms with E-state index in [4.69, 9.17) is 0 Å². The van der Waals surface area contributed by atoms with Crippen molar-refractivity contribution in [1.82, 2.24) is 15.1 Å². The van der Waals surface area contributed by atoms with Crippen LogP contribution in [0.2, 0.25) is 0 Å². The van der Waals surface area contributed by atoms with E-state index < -0.39 is 0 Å². The van der Waals surface area contributed by atoms with Crippen molar-refractivity contribution in [1.29, 1.82) is 0 Å². The van der Waals surface area contributed by atoms with Gasteiger partial charge in [-0.15, -0.1) is 0 Å². The number of nitrogens with one attached hydrogen (secondary N) is 1. The Morgan fingerprint density at radius 3 is 2.28 bits per heavy atom. The molecule has 2 saturated heterocycles. The van der Waals surface area contributed by atoms with E-state index in [0.29, 0.717) is 49.6 Å². The maximum absolute atomic E-state index is 12.7. The quantitative estimate of drug-likeness (QED) is 0.741. The molecule has 3 amide bonds. The van der Waals surface area contributed by atoms with Crippen LogP contribution in [-0.4, -0.2) is 60.2 Å². The molecule has 2 aliphatic heterocycles. The summed E-state index contributed by atoms with van der Waals surface area (Å²) in [6.45, 7) is 3.81. The molecular formula is C23H37N3O3. The summed E-state index contributed by atoms with van der Waals surface area (Å²) in [6, 6.07) is 0. The van der Waals surface area contributed by atoms with Gasteiger partial charge in [0.15, 0.2) is 0 Å². The topological polar surface area (TPSA) is 69.7 Å². The molecule has 6 heteroatoms. The zero-order valence-electron chi connectivity index (χ0n) is 17.7. The van der Waals surface area contributed by atoms with Crippen molar-refractivity contribution in [2.24, 2.45) is 23.7 Å².